The van der Waals surface area contributed by atoms with Crippen LogP contribution >= 0.6 is 0 Å². The fourth-order valence-electron chi connectivity index (χ4n) is 3.12. The third-order valence-corrected chi connectivity index (χ3v) is 4.67. The molecule has 7 heteroatoms. The Morgan fingerprint density at radius 3 is 2.57 bits per heavy atom. The Kier molecular flexibility index (Phi) is 4.41. The third kappa shape index (κ3) is 3.14. The van der Waals surface area contributed by atoms with Gasteiger partial charge in [-0.3, -0.25) is 13.9 Å². The van der Waals surface area contributed by atoms with Crippen LogP contribution in [0.1, 0.15) is 15.9 Å². The van der Waals surface area contributed by atoms with Gasteiger partial charge < -0.3 is 11.1 Å². The molecule has 0 radical (unpaired) electrons. The predicted octanol–water partition coefficient (Wildman–Crippen LogP) is 2.62. The molecule has 7 nitrogen and oxygen atoms in total. The monoisotopic (exact) mass is 373 g/mol. The van der Waals surface area contributed by atoms with Gasteiger partial charge in [-0.2, -0.15) is 0 Å². The molecule has 0 saturated heterocycles. The van der Waals surface area contributed by atoms with Crippen molar-refractivity contribution >= 4 is 28.4 Å². The van der Waals surface area contributed by atoms with Crippen molar-refractivity contribution in [2.45, 2.75) is 6.54 Å². The van der Waals surface area contributed by atoms with Gasteiger partial charge >= 0.3 is 5.69 Å². The molecule has 0 saturated carbocycles. The van der Waals surface area contributed by atoms with Crippen LogP contribution in [0.3, 0.4) is 0 Å². The van der Waals surface area contributed by atoms with Crippen LogP contribution in [-0.4, -0.2) is 20.0 Å². The number of fused-ring (bicyclic) bond motifs is 1. The van der Waals surface area contributed by atoms with Gasteiger partial charge in [0.15, 0.2) is 5.65 Å². The number of aryl methyl sites for hydroxylation is 1. The minimum Gasteiger partial charge on any atom is -0.397 e. The summed E-state index contributed by atoms with van der Waals surface area (Å²) in [4.78, 5) is 29.3. The number of nitrogen functional groups attached to an aromatic ring is 1. The highest BCUT2D eigenvalue weighted by atomic mass is 16.2. The molecule has 0 fully saturated rings. The average molecular weight is 373 g/mol. The number of hydrogen-bond donors (Lipinski definition) is 2. The number of anilines is 2. The van der Waals surface area contributed by atoms with Crippen molar-refractivity contribution in [1.82, 2.24) is 14.1 Å². The van der Waals surface area contributed by atoms with E-state index in [1.165, 1.54) is 0 Å². The van der Waals surface area contributed by atoms with Crippen molar-refractivity contribution in [3.8, 4) is 0 Å². The first-order valence-electron chi connectivity index (χ1n) is 8.79. The maximum absolute atomic E-state index is 12.5. The number of rotatable bonds is 4. The molecule has 0 bridgehead atoms. The van der Waals surface area contributed by atoms with Crippen LogP contribution in [0.2, 0.25) is 0 Å². The first kappa shape index (κ1) is 17.5. The Labute approximate surface area is 161 Å². The summed E-state index contributed by atoms with van der Waals surface area (Å²) < 4.78 is 3.20. The zero-order valence-corrected chi connectivity index (χ0v) is 15.3. The van der Waals surface area contributed by atoms with Gasteiger partial charge in [0.2, 0.25) is 0 Å². The van der Waals surface area contributed by atoms with E-state index < -0.39 is 0 Å². The molecule has 3 N–H and O–H groups in total. The number of benzene rings is 2. The van der Waals surface area contributed by atoms with E-state index in [9.17, 15) is 9.59 Å². The molecule has 0 aliphatic carbocycles. The zero-order valence-electron chi connectivity index (χ0n) is 15.3. The van der Waals surface area contributed by atoms with Gasteiger partial charge in [0.25, 0.3) is 5.91 Å². The lowest BCUT2D eigenvalue weighted by Gasteiger charge is -2.09. The molecule has 2 aromatic carbocycles. The van der Waals surface area contributed by atoms with E-state index in [1.54, 1.807) is 52.7 Å². The molecule has 0 aliphatic heterocycles. The number of carbonyl (C=O) groups is 1. The molecule has 0 unspecified atom stereocenters. The smallest absolute Gasteiger partial charge is 0.330 e. The van der Waals surface area contributed by atoms with Gasteiger partial charge in [-0.25, -0.2) is 9.78 Å². The summed E-state index contributed by atoms with van der Waals surface area (Å²) in [5, 5.41) is 2.80. The first-order valence-corrected chi connectivity index (χ1v) is 8.79. The minimum absolute atomic E-state index is 0.130. The summed E-state index contributed by atoms with van der Waals surface area (Å²) in [6, 6.07) is 17.9. The van der Waals surface area contributed by atoms with E-state index in [1.807, 2.05) is 30.3 Å². The predicted molar refractivity (Wildman–Crippen MR) is 109 cm³/mol. The van der Waals surface area contributed by atoms with Crippen LogP contribution in [0.5, 0.6) is 0 Å². The zero-order chi connectivity index (χ0) is 19.7. The SMILES string of the molecule is Cn1c(=O)n(Cc2ccc(C(=O)Nc3ccccc3N)cc2)c2ncccc21. The lowest BCUT2D eigenvalue weighted by atomic mass is 10.1. The number of aromatic nitrogens is 3. The molecule has 1 amide bonds. The van der Waals surface area contributed by atoms with Crippen LogP contribution in [0.25, 0.3) is 11.2 Å². The number of pyridine rings is 1. The van der Waals surface area contributed by atoms with Gasteiger partial charge in [0.05, 0.1) is 23.4 Å². The number of nitrogens with two attached hydrogens (primary N) is 1. The van der Waals surface area contributed by atoms with Crippen molar-refractivity contribution < 1.29 is 4.79 Å². The third-order valence-electron chi connectivity index (χ3n) is 4.67. The van der Waals surface area contributed by atoms with Crippen LogP contribution in [0.15, 0.2) is 71.7 Å². The van der Waals surface area contributed by atoms with E-state index in [0.29, 0.717) is 29.1 Å². The molecule has 2 aromatic heterocycles. The molecule has 0 aliphatic rings. The van der Waals surface area contributed by atoms with E-state index in [2.05, 4.69) is 10.3 Å². The van der Waals surface area contributed by atoms with E-state index in [0.717, 1.165) is 11.1 Å². The summed E-state index contributed by atoms with van der Waals surface area (Å²) in [7, 11) is 1.73. The van der Waals surface area contributed by atoms with Gasteiger partial charge in [-0.05, 0) is 42.0 Å². The fourth-order valence-corrected chi connectivity index (χ4v) is 3.12. The molecule has 140 valence electrons. The largest absolute Gasteiger partial charge is 0.397 e. The molecular weight excluding hydrogens is 354 g/mol. The van der Waals surface area contributed by atoms with Gasteiger partial charge in [0.1, 0.15) is 0 Å². The fraction of sp³-hybridized carbons (Fsp3) is 0.0952. The highest BCUT2D eigenvalue weighted by Gasteiger charge is 2.12. The molecule has 0 atom stereocenters. The summed E-state index contributed by atoms with van der Waals surface area (Å²) in [6.45, 7) is 0.376. The molecule has 28 heavy (non-hydrogen) atoms. The van der Waals surface area contributed by atoms with Crippen molar-refractivity contribution in [2.75, 3.05) is 11.1 Å². The Balaban J connectivity index is 1.56. The number of para-hydroxylation sites is 2. The lowest BCUT2D eigenvalue weighted by Crippen LogP contribution is -2.23. The summed E-state index contributed by atoms with van der Waals surface area (Å²) in [5.41, 5.74) is 9.64. The Bertz CT molecular complexity index is 1220. The van der Waals surface area contributed by atoms with Crippen LogP contribution in [0, 0.1) is 0 Å². The minimum atomic E-state index is -0.242. The highest BCUT2D eigenvalue weighted by Crippen LogP contribution is 2.18. The lowest BCUT2D eigenvalue weighted by molar-refractivity contribution is 0.102. The Morgan fingerprint density at radius 1 is 1.07 bits per heavy atom. The molecular formula is C21H19N5O2. The van der Waals surface area contributed by atoms with Crippen LogP contribution in [-0.2, 0) is 13.6 Å². The number of carbonyl (C=O) groups excluding carboxylic acids is 1. The normalized spacial score (nSPS) is 10.9. The second-order valence-electron chi connectivity index (χ2n) is 6.51. The number of amides is 1. The second-order valence-corrected chi connectivity index (χ2v) is 6.51. The maximum atomic E-state index is 12.5. The van der Waals surface area contributed by atoms with Crippen LogP contribution < -0.4 is 16.7 Å². The topological polar surface area (TPSA) is 94.9 Å². The number of imidazole rings is 1. The molecule has 4 rings (SSSR count). The number of hydrogen-bond acceptors (Lipinski definition) is 4. The first-order chi connectivity index (χ1) is 13.5. The summed E-state index contributed by atoms with van der Waals surface area (Å²) in [5.74, 6) is -0.242. The summed E-state index contributed by atoms with van der Waals surface area (Å²) >= 11 is 0. The summed E-state index contributed by atoms with van der Waals surface area (Å²) in [6.07, 6.45) is 1.67. The van der Waals surface area contributed by atoms with E-state index in [-0.39, 0.29) is 11.6 Å². The molecule has 2 heterocycles. The van der Waals surface area contributed by atoms with Crippen molar-refractivity contribution in [1.29, 1.82) is 0 Å². The Morgan fingerprint density at radius 2 is 1.82 bits per heavy atom. The highest BCUT2D eigenvalue weighted by molar-refractivity contribution is 6.05. The van der Waals surface area contributed by atoms with E-state index >= 15 is 0 Å². The maximum Gasteiger partial charge on any atom is 0.330 e. The average Bonchev–Trinajstić information content (AvgIpc) is 2.95. The van der Waals surface area contributed by atoms with E-state index in [4.69, 9.17) is 5.73 Å². The quantitative estimate of drug-likeness (QED) is 0.538. The standard InChI is InChI=1S/C21H19N5O2/c1-25-18-7-4-12-23-19(18)26(21(25)28)13-14-8-10-15(11-9-14)20(27)24-17-6-3-2-5-16(17)22/h2-12H,13,22H2,1H3,(H,24,27). The van der Waals surface area contributed by atoms with Gasteiger partial charge in [-0.15, -0.1) is 0 Å². The van der Waals surface area contributed by atoms with Crippen molar-refractivity contribution in [2.24, 2.45) is 7.05 Å². The van der Waals surface area contributed by atoms with Gasteiger partial charge in [-0.1, -0.05) is 24.3 Å². The van der Waals surface area contributed by atoms with Gasteiger partial charge in [0, 0.05) is 18.8 Å². The molecule has 0 spiro atoms. The van der Waals surface area contributed by atoms with Crippen LogP contribution in [0.4, 0.5) is 11.4 Å². The number of nitrogens with zero attached hydrogens (tertiary/aromatic N) is 3. The molecule has 4 aromatic rings. The van der Waals surface area contributed by atoms with Crippen molar-refractivity contribution in [3.63, 3.8) is 0 Å². The number of nitrogens with one attached hydrogen (secondary N) is 1. The second kappa shape index (κ2) is 7.03. The Hall–Kier alpha value is -3.87. The van der Waals surface area contributed by atoms with Crippen molar-refractivity contribution in [3.05, 3.63) is 88.5 Å².